The second-order valence-corrected chi connectivity index (χ2v) is 6.39. The summed E-state index contributed by atoms with van der Waals surface area (Å²) in [5.74, 6) is -0.373. The van der Waals surface area contributed by atoms with E-state index in [1.807, 2.05) is 0 Å². The molecule has 0 spiro atoms. The van der Waals surface area contributed by atoms with Gasteiger partial charge in [0.1, 0.15) is 5.01 Å². The SMILES string of the molecule is CCCCCc1nnc(NC(=O)c2c(Cl)cccc2Cl)s1. The van der Waals surface area contributed by atoms with Gasteiger partial charge in [-0.2, -0.15) is 0 Å². The molecule has 7 heteroatoms. The number of amides is 1. The number of nitrogens with zero attached hydrogens (tertiary/aromatic N) is 2. The van der Waals surface area contributed by atoms with Gasteiger partial charge >= 0.3 is 0 Å². The van der Waals surface area contributed by atoms with E-state index in [-0.39, 0.29) is 11.5 Å². The van der Waals surface area contributed by atoms with E-state index in [2.05, 4.69) is 22.4 Å². The Morgan fingerprint density at radius 3 is 2.62 bits per heavy atom. The number of carbonyl (C=O) groups excluding carboxylic acids is 1. The van der Waals surface area contributed by atoms with Crippen LogP contribution in [0.3, 0.4) is 0 Å². The lowest BCUT2D eigenvalue weighted by atomic mass is 10.2. The lowest BCUT2D eigenvalue weighted by molar-refractivity contribution is 0.102. The van der Waals surface area contributed by atoms with Gasteiger partial charge in [0.25, 0.3) is 5.91 Å². The Hall–Kier alpha value is -1.17. The zero-order valence-electron chi connectivity index (χ0n) is 11.5. The number of benzene rings is 1. The van der Waals surface area contributed by atoms with Crippen LogP contribution in [0.5, 0.6) is 0 Å². The van der Waals surface area contributed by atoms with E-state index in [1.165, 1.54) is 11.3 Å². The number of hydrogen-bond donors (Lipinski definition) is 1. The zero-order valence-corrected chi connectivity index (χ0v) is 13.9. The molecule has 0 unspecified atom stereocenters. The molecule has 0 fully saturated rings. The van der Waals surface area contributed by atoms with Crippen LogP contribution in [0.2, 0.25) is 10.0 Å². The van der Waals surface area contributed by atoms with Gasteiger partial charge in [-0.15, -0.1) is 10.2 Å². The van der Waals surface area contributed by atoms with E-state index in [4.69, 9.17) is 23.2 Å². The molecule has 21 heavy (non-hydrogen) atoms. The van der Waals surface area contributed by atoms with Gasteiger partial charge in [0.05, 0.1) is 15.6 Å². The quantitative estimate of drug-likeness (QED) is 0.764. The summed E-state index contributed by atoms with van der Waals surface area (Å²) in [6.07, 6.45) is 4.29. The Balaban J connectivity index is 2.03. The van der Waals surface area contributed by atoms with Crippen LogP contribution >= 0.6 is 34.5 Å². The van der Waals surface area contributed by atoms with Crippen LogP contribution < -0.4 is 5.32 Å². The largest absolute Gasteiger partial charge is 0.296 e. The maximum atomic E-state index is 12.2. The molecule has 0 aliphatic heterocycles. The highest BCUT2D eigenvalue weighted by molar-refractivity contribution is 7.15. The lowest BCUT2D eigenvalue weighted by Gasteiger charge is -2.05. The molecule has 0 bridgehead atoms. The van der Waals surface area contributed by atoms with Crippen molar-refractivity contribution in [1.29, 1.82) is 0 Å². The molecule has 1 aromatic carbocycles. The fourth-order valence-corrected chi connectivity index (χ4v) is 3.15. The molecule has 1 amide bonds. The van der Waals surface area contributed by atoms with Gasteiger partial charge in [-0.1, -0.05) is 60.4 Å². The highest BCUT2D eigenvalue weighted by Crippen LogP contribution is 2.26. The fraction of sp³-hybridized carbons (Fsp3) is 0.357. The molecule has 0 saturated heterocycles. The highest BCUT2D eigenvalue weighted by Gasteiger charge is 2.16. The van der Waals surface area contributed by atoms with Crippen LogP contribution in [0.1, 0.15) is 41.6 Å². The van der Waals surface area contributed by atoms with Crippen LogP contribution in [-0.4, -0.2) is 16.1 Å². The average Bonchev–Trinajstić information content (AvgIpc) is 2.86. The maximum absolute atomic E-state index is 12.2. The molecular weight excluding hydrogens is 329 g/mol. The van der Waals surface area contributed by atoms with Gasteiger partial charge < -0.3 is 0 Å². The molecule has 0 saturated carbocycles. The maximum Gasteiger partial charge on any atom is 0.260 e. The third-order valence-electron chi connectivity index (χ3n) is 2.87. The molecule has 2 rings (SSSR count). The standard InChI is InChI=1S/C14H15Cl2N3OS/c1-2-3-4-8-11-18-19-14(21-11)17-13(20)12-9(15)6-5-7-10(12)16/h5-7H,2-4,8H2,1H3,(H,17,19,20). The Kier molecular flexibility index (Phi) is 5.96. The number of hydrogen-bond acceptors (Lipinski definition) is 4. The molecule has 0 aliphatic rings. The minimum Gasteiger partial charge on any atom is -0.296 e. The number of aromatic nitrogens is 2. The first-order valence-corrected chi connectivity index (χ1v) is 8.26. The van der Waals surface area contributed by atoms with E-state index in [0.717, 1.165) is 30.7 Å². The van der Waals surface area contributed by atoms with Gasteiger partial charge in [0, 0.05) is 6.42 Å². The predicted octanol–water partition coefficient (Wildman–Crippen LogP) is 4.83. The molecule has 1 heterocycles. The third-order valence-corrected chi connectivity index (χ3v) is 4.40. The summed E-state index contributed by atoms with van der Waals surface area (Å²) in [5, 5.41) is 12.7. The smallest absolute Gasteiger partial charge is 0.260 e. The first-order chi connectivity index (χ1) is 10.1. The van der Waals surface area contributed by atoms with E-state index >= 15 is 0 Å². The van der Waals surface area contributed by atoms with Gasteiger partial charge in [-0.3, -0.25) is 10.1 Å². The number of anilines is 1. The molecule has 112 valence electrons. The minimum atomic E-state index is -0.373. The number of rotatable bonds is 6. The molecule has 4 nitrogen and oxygen atoms in total. The topological polar surface area (TPSA) is 54.9 Å². The highest BCUT2D eigenvalue weighted by atomic mass is 35.5. The Morgan fingerprint density at radius 1 is 1.24 bits per heavy atom. The second-order valence-electron chi connectivity index (χ2n) is 4.51. The van der Waals surface area contributed by atoms with Crippen molar-refractivity contribution in [2.75, 3.05) is 5.32 Å². The zero-order chi connectivity index (χ0) is 15.2. The molecule has 0 atom stereocenters. The molecule has 1 N–H and O–H groups in total. The van der Waals surface area contributed by atoms with E-state index in [9.17, 15) is 4.79 Å². The summed E-state index contributed by atoms with van der Waals surface area (Å²) < 4.78 is 0. The molecule has 0 aliphatic carbocycles. The van der Waals surface area contributed by atoms with Crippen molar-refractivity contribution in [2.45, 2.75) is 32.6 Å². The van der Waals surface area contributed by atoms with Crippen molar-refractivity contribution in [3.8, 4) is 0 Å². The first kappa shape index (κ1) is 16.2. The lowest BCUT2D eigenvalue weighted by Crippen LogP contribution is -2.12. The Labute approximate surface area is 137 Å². The summed E-state index contributed by atoms with van der Waals surface area (Å²) in [6, 6.07) is 4.94. The average molecular weight is 344 g/mol. The summed E-state index contributed by atoms with van der Waals surface area (Å²) in [6.45, 7) is 2.15. The van der Waals surface area contributed by atoms with Crippen molar-refractivity contribution in [2.24, 2.45) is 0 Å². The summed E-state index contributed by atoms with van der Waals surface area (Å²) >= 11 is 13.4. The van der Waals surface area contributed by atoms with E-state index < -0.39 is 0 Å². The first-order valence-electron chi connectivity index (χ1n) is 6.69. The molecule has 2 aromatic rings. The second kappa shape index (κ2) is 7.73. The molecule has 1 aromatic heterocycles. The van der Waals surface area contributed by atoms with Crippen molar-refractivity contribution in [1.82, 2.24) is 10.2 Å². The summed E-state index contributed by atoms with van der Waals surface area (Å²) in [7, 11) is 0. The molecule has 0 radical (unpaired) electrons. The van der Waals surface area contributed by atoms with Crippen molar-refractivity contribution < 1.29 is 4.79 Å². The van der Waals surface area contributed by atoms with Crippen LogP contribution in [0.15, 0.2) is 18.2 Å². The van der Waals surface area contributed by atoms with Crippen LogP contribution in [0.25, 0.3) is 0 Å². The van der Waals surface area contributed by atoms with Crippen molar-refractivity contribution in [3.05, 3.63) is 38.8 Å². The van der Waals surface area contributed by atoms with E-state index in [0.29, 0.717) is 15.2 Å². The van der Waals surface area contributed by atoms with Crippen LogP contribution in [0.4, 0.5) is 5.13 Å². The predicted molar refractivity (Wildman–Crippen MR) is 87.6 cm³/mol. The van der Waals surface area contributed by atoms with Crippen molar-refractivity contribution >= 4 is 45.6 Å². The summed E-state index contributed by atoms with van der Waals surface area (Å²) in [5.41, 5.74) is 0.253. The van der Waals surface area contributed by atoms with Gasteiger partial charge in [-0.25, -0.2) is 0 Å². The normalized spacial score (nSPS) is 10.6. The van der Waals surface area contributed by atoms with Crippen LogP contribution in [-0.2, 0) is 6.42 Å². The van der Waals surface area contributed by atoms with Gasteiger partial charge in [0.2, 0.25) is 5.13 Å². The number of nitrogens with one attached hydrogen (secondary N) is 1. The van der Waals surface area contributed by atoms with Gasteiger partial charge in [0.15, 0.2) is 0 Å². The van der Waals surface area contributed by atoms with Gasteiger partial charge in [-0.05, 0) is 18.6 Å². The van der Waals surface area contributed by atoms with E-state index in [1.54, 1.807) is 18.2 Å². The van der Waals surface area contributed by atoms with Crippen molar-refractivity contribution in [3.63, 3.8) is 0 Å². The monoisotopic (exact) mass is 343 g/mol. The van der Waals surface area contributed by atoms with Crippen LogP contribution in [0, 0.1) is 0 Å². The Bertz CT molecular complexity index is 610. The number of unbranched alkanes of at least 4 members (excludes halogenated alkanes) is 2. The number of aryl methyl sites for hydroxylation is 1. The summed E-state index contributed by atoms with van der Waals surface area (Å²) in [4.78, 5) is 12.2. The Morgan fingerprint density at radius 2 is 1.95 bits per heavy atom. The molecular formula is C14H15Cl2N3OS. The number of halogens is 2. The minimum absolute atomic E-state index is 0.253. The third kappa shape index (κ3) is 4.40. The number of carbonyl (C=O) groups is 1. The fourth-order valence-electron chi connectivity index (χ4n) is 1.81.